The van der Waals surface area contributed by atoms with Gasteiger partial charge in [0.05, 0.1) is 6.61 Å². The molecule has 1 aliphatic rings. The lowest BCUT2D eigenvalue weighted by Gasteiger charge is -2.41. The SMILES string of the molecule is CCCCCCCCC/C=C/C/C=C/C/C=C/C/C=C/CCCC(=O)OC[C@@H](COP(=O)(O)OC1C(O)C(O)C(O)[C@H](O)C1O)OC(=O)CCCCCCCCCCCCCCCC. The molecule has 1 rings (SSSR count). The molecule has 0 saturated heterocycles. The molecule has 0 radical (unpaired) electrons. The minimum absolute atomic E-state index is 0.0869. The predicted octanol–water partition coefficient (Wildman–Crippen LogP) is 10.3. The lowest BCUT2D eigenvalue weighted by molar-refractivity contribution is -0.220. The Balaban J connectivity index is 2.45. The number of hydrogen-bond donors (Lipinski definition) is 6. The van der Waals surface area contributed by atoms with Crippen LogP contribution in [-0.4, -0.2) is 98.3 Å². The van der Waals surface area contributed by atoms with Crippen molar-refractivity contribution in [3.63, 3.8) is 0 Å². The van der Waals surface area contributed by atoms with E-state index in [1.165, 1.54) is 103 Å². The van der Waals surface area contributed by atoms with Crippen LogP contribution in [0.4, 0.5) is 0 Å². The maximum absolute atomic E-state index is 12.8. The van der Waals surface area contributed by atoms with Crippen LogP contribution in [-0.2, 0) is 32.7 Å². The van der Waals surface area contributed by atoms with Crippen molar-refractivity contribution < 1.29 is 63.1 Å². The van der Waals surface area contributed by atoms with E-state index in [0.717, 1.165) is 51.4 Å². The average Bonchev–Trinajstić information content (AvgIpc) is 3.28. The first-order valence-corrected chi connectivity index (χ1v) is 26.4. The zero-order valence-electron chi connectivity index (χ0n) is 39.6. The molecule has 1 saturated carbocycles. The minimum atomic E-state index is -5.13. The number of carbonyl (C=O) groups excluding carboxylic acids is 2. The van der Waals surface area contributed by atoms with Crippen molar-refractivity contribution in [1.29, 1.82) is 0 Å². The zero-order valence-corrected chi connectivity index (χ0v) is 40.5. The van der Waals surface area contributed by atoms with Gasteiger partial charge in [0.15, 0.2) is 6.10 Å². The molecule has 13 nitrogen and oxygen atoms in total. The number of phosphoric acid groups is 1. The molecule has 6 unspecified atom stereocenters. The molecule has 0 aromatic heterocycles. The Morgan fingerprint density at radius 1 is 0.484 bits per heavy atom. The molecule has 6 N–H and O–H groups in total. The Labute approximate surface area is 386 Å². The van der Waals surface area contributed by atoms with Crippen LogP contribution in [0.3, 0.4) is 0 Å². The Morgan fingerprint density at radius 3 is 1.33 bits per heavy atom. The molecule has 0 bridgehead atoms. The van der Waals surface area contributed by atoms with E-state index in [9.17, 15) is 44.6 Å². The Kier molecular flexibility index (Phi) is 37.3. The van der Waals surface area contributed by atoms with E-state index in [4.69, 9.17) is 18.5 Å². The van der Waals surface area contributed by atoms with Gasteiger partial charge in [-0.1, -0.05) is 184 Å². The highest BCUT2D eigenvalue weighted by Gasteiger charge is 2.51. The van der Waals surface area contributed by atoms with Crippen LogP contribution in [0.5, 0.6) is 0 Å². The van der Waals surface area contributed by atoms with E-state index >= 15 is 0 Å². The second-order valence-corrected chi connectivity index (χ2v) is 18.7. The van der Waals surface area contributed by atoms with E-state index in [2.05, 4.69) is 50.3 Å². The number of unbranched alkanes of at least 4 members (excludes halogenated alkanes) is 21. The van der Waals surface area contributed by atoms with Crippen LogP contribution in [0.25, 0.3) is 0 Å². The maximum atomic E-state index is 12.8. The third-order valence-corrected chi connectivity index (χ3v) is 12.4. The normalized spacial score (nSPS) is 21.9. The summed E-state index contributed by atoms with van der Waals surface area (Å²) in [5.74, 6) is -1.16. The van der Waals surface area contributed by atoms with Gasteiger partial charge in [0.2, 0.25) is 0 Å². The first-order valence-electron chi connectivity index (χ1n) is 24.9. The van der Waals surface area contributed by atoms with E-state index in [-0.39, 0.29) is 12.8 Å². The Bertz CT molecular complexity index is 1300. The topological polar surface area (TPSA) is 210 Å². The largest absolute Gasteiger partial charge is 0.472 e. The summed E-state index contributed by atoms with van der Waals surface area (Å²) in [5.41, 5.74) is 0. The summed E-state index contributed by atoms with van der Waals surface area (Å²) in [7, 11) is -5.13. The van der Waals surface area contributed by atoms with E-state index < -0.39 is 75.7 Å². The van der Waals surface area contributed by atoms with Gasteiger partial charge in [0.1, 0.15) is 43.2 Å². The smallest absolute Gasteiger partial charge is 0.462 e. The lowest BCUT2D eigenvalue weighted by Crippen LogP contribution is -2.64. The number of phosphoric ester groups is 1. The number of carbonyl (C=O) groups is 2. The summed E-state index contributed by atoms with van der Waals surface area (Å²) in [4.78, 5) is 35.7. The van der Waals surface area contributed by atoms with Gasteiger partial charge in [0, 0.05) is 12.8 Å². The molecule has 0 amide bonds. The quantitative estimate of drug-likeness (QED) is 0.0146. The monoisotopic (exact) mass is 929 g/mol. The van der Waals surface area contributed by atoms with Crippen molar-refractivity contribution in [2.45, 2.75) is 243 Å². The number of rotatable bonds is 41. The first-order chi connectivity index (χ1) is 30.9. The van der Waals surface area contributed by atoms with Gasteiger partial charge < -0.3 is 39.9 Å². The van der Waals surface area contributed by atoms with Crippen LogP contribution in [0.2, 0.25) is 0 Å². The van der Waals surface area contributed by atoms with E-state index in [0.29, 0.717) is 19.3 Å². The molecule has 372 valence electrons. The van der Waals surface area contributed by atoms with Crippen molar-refractivity contribution >= 4 is 19.8 Å². The molecule has 0 spiro atoms. The third kappa shape index (κ3) is 31.7. The summed E-state index contributed by atoms with van der Waals surface area (Å²) in [6, 6.07) is 0. The summed E-state index contributed by atoms with van der Waals surface area (Å²) in [6.45, 7) is 3.26. The fraction of sp³-hybridized carbons (Fsp3) is 0.800. The van der Waals surface area contributed by atoms with Crippen LogP contribution >= 0.6 is 7.82 Å². The van der Waals surface area contributed by atoms with E-state index in [1.54, 1.807) is 0 Å². The molecule has 8 atom stereocenters. The maximum Gasteiger partial charge on any atom is 0.472 e. The zero-order chi connectivity index (χ0) is 47.1. The molecule has 1 aliphatic carbocycles. The molecule has 1 fully saturated rings. The van der Waals surface area contributed by atoms with Gasteiger partial charge >= 0.3 is 19.8 Å². The van der Waals surface area contributed by atoms with Gasteiger partial charge in [-0.05, 0) is 51.4 Å². The number of allylic oxidation sites excluding steroid dienone is 8. The lowest BCUT2D eigenvalue weighted by atomic mass is 9.85. The fourth-order valence-electron chi connectivity index (χ4n) is 7.40. The second-order valence-electron chi connectivity index (χ2n) is 17.3. The molecule has 0 aliphatic heterocycles. The molecule has 64 heavy (non-hydrogen) atoms. The molecule has 0 aromatic rings. The number of hydrogen-bond acceptors (Lipinski definition) is 12. The molecule has 0 aromatic carbocycles. The summed E-state index contributed by atoms with van der Waals surface area (Å²) in [5, 5.41) is 50.2. The Hall–Kier alpha value is -2.19. The summed E-state index contributed by atoms with van der Waals surface area (Å²) >= 11 is 0. The van der Waals surface area contributed by atoms with Crippen LogP contribution in [0.15, 0.2) is 48.6 Å². The molecule has 14 heteroatoms. The first kappa shape index (κ1) is 59.8. The highest BCUT2D eigenvalue weighted by Crippen LogP contribution is 2.47. The van der Waals surface area contributed by atoms with Crippen LogP contribution < -0.4 is 0 Å². The van der Waals surface area contributed by atoms with E-state index in [1.807, 2.05) is 12.2 Å². The predicted molar refractivity (Wildman–Crippen MR) is 253 cm³/mol. The van der Waals surface area contributed by atoms with Crippen molar-refractivity contribution in [3.8, 4) is 0 Å². The van der Waals surface area contributed by atoms with Gasteiger partial charge in [0.25, 0.3) is 0 Å². The summed E-state index contributed by atoms with van der Waals surface area (Å²) < 4.78 is 33.5. The minimum Gasteiger partial charge on any atom is -0.462 e. The highest BCUT2D eigenvalue weighted by atomic mass is 31.2. The second kappa shape index (κ2) is 39.9. The van der Waals surface area contributed by atoms with Gasteiger partial charge in [-0.15, -0.1) is 0 Å². The van der Waals surface area contributed by atoms with Gasteiger partial charge in [-0.2, -0.15) is 0 Å². The number of aliphatic hydroxyl groups is 5. The van der Waals surface area contributed by atoms with Crippen molar-refractivity contribution in [3.05, 3.63) is 48.6 Å². The van der Waals surface area contributed by atoms with Crippen LogP contribution in [0, 0.1) is 0 Å². The highest BCUT2D eigenvalue weighted by molar-refractivity contribution is 7.47. The number of esters is 2. The molecule has 0 heterocycles. The fourth-order valence-corrected chi connectivity index (χ4v) is 8.37. The third-order valence-electron chi connectivity index (χ3n) is 11.4. The number of aliphatic hydroxyl groups excluding tert-OH is 5. The number of ether oxygens (including phenoxy) is 2. The van der Waals surface area contributed by atoms with Crippen LogP contribution in [0.1, 0.15) is 200 Å². The van der Waals surface area contributed by atoms with Crippen molar-refractivity contribution in [1.82, 2.24) is 0 Å². The molecular weight excluding hydrogens is 840 g/mol. The van der Waals surface area contributed by atoms with Gasteiger partial charge in [-0.3, -0.25) is 18.6 Å². The Morgan fingerprint density at radius 2 is 0.859 bits per heavy atom. The van der Waals surface area contributed by atoms with Crippen molar-refractivity contribution in [2.24, 2.45) is 0 Å². The molecular formula is C50H89O13P. The van der Waals surface area contributed by atoms with Crippen molar-refractivity contribution in [2.75, 3.05) is 13.2 Å². The summed E-state index contributed by atoms with van der Waals surface area (Å²) in [6.07, 6.45) is 34.6. The van der Waals surface area contributed by atoms with Gasteiger partial charge in [-0.25, -0.2) is 4.57 Å². The standard InChI is InChI=1S/C50H89O13P/c1-3-5-7-9-11-13-15-17-19-20-21-22-23-24-25-27-28-30-32-34-36-38-43(51)60-40-42(41-61-64(58,59)63-50-48(56)46(54)45(53)47(55)49(50)57)62-44(52)39-37-35-33-31-29-26-18-16-14-12-10-8-6-4-2/h19-20,22-23,25,27,30,32,42,45-50,53-57H,3-18,21,24,26,28-29,31,33-41H2,1-2H3,(H,58,59)/b20-19+,23-22+,27-25+,32-30+/t42-,45?,46-,47?,48?,49?,50?/m0/s1. The average molecular weight is 929 g/mol.